The molecule has 0 bridgehead atoms. The highest BCUT2D eigenvalue weighted by atomic mass is 35.5. The minimum absolute atomic E-state index is 0.0928. The van der Waals surface area contributed by atoms with Gasteiger partial charge in [-0.1, -0.05) is 37.9 Å². The van der Waals surface area contributed by atoms with Crippen molar-refractivity contribution in [3.63, 3.8) is 0 Å². The maximum Gasteiger partial charge on any atom is 0.251 e. The molecule has 2 unspecified atom stereocenters. The molecule has 4 nitrogen and oxygen atoms in total. The van der Waals surface area contributed by atoms with E-state index in [0.717, 1.165) is 0 Å². The molecular weight excluding hydrogens is 343 g/mol. The van der Waals surface area contributed by atoms with Gasteiger partial charge in [0, 0.05) is 16.3 Å². The summed E-state index contributed by atoms with van der Waals surface area (Å²) in [5, 5.41) is 5.93. The van der Waals surface area contributed by atoms with Crippen LogP contribution in [-0.2, 0) is 4.79 Å². The monoisotopic (exact) mass is 362 g/mol. The van der Waals surface area contributed by atoms with Gasteiger partial charge in [-0.15, -0.1) is 0 Å². The Balaban J connectivity index is 2.13. The fourth-order valence-corrected chi connectivity index (χ4v) is 2.44. The van der Waals surface area contributed by atoms with Crippen LogP contribution in [0.3, 0.4) is 0 Å². The highest BCUT2D eigenvalue weighted by Crippen LogP contribution is 2.15. The predicted molar refractivity (Wildman–Crippen MR) is 97.2 cm³/mol. The summed E-state index contributed by atoms with van der Waals surface area (Å²) >= 11 is 5.82. The third kappa shape index (κ3) is 5.29. The lowest BCUT2D eigenvalue weighted by Crippen LogP contribution is -2.47. The first-order valence-corrected chi connectivity index (χ1v) is 8.41. The Morgan fingerprint density at radius 3 is 2.44 bits per heavy atom. The Labute approximate surface area is 151 Å². The van der Waals surface area contributed by atoms with Crippen LogP contribution in [0.25, 0.3) is 0 Å². The fourth-order valence-electron chi connectivity index (χ4n) is 2.31. The summed E-state index contributed by atoms with van der Waals surface area (Å²) in [4.78, 5) is 25.0. The van der Waals surface area contributed by atoms with Gasteiger partial charge in [-0.2, -0.15) is 0 Å². The lowest BCUT2D eigenvalue weighted by atomic mass is 9.97. The summed E-state index contributed by atoms with van der Waals surface area (Å²) in [5.41, 5.74) is 0.760. The Morgan fingerprint density at radius 1 is 1.16 bits per heavy atom. The first kappa shape index (κ1) is 18.9. The molecule has 2 amide bonds. The number of rotatable bonds is 6. The van der Waals surface area contributed by atoms with Gasteiger partial charge < -0.3 is 10.6 Å². The van der Waals surface area contributed by atoms with Gasteiger partial charge in [0.25, 0.3) is 5.91 Å². The lowest BCUT2D eigenvalue weighted by Gasteiger charge is -2.23. The number of nitrogens with one attached hydrogen (secondary N) is 2. The summed E-state index contributed by atoms with van der Waals surface area (Å²) in [6.45, 7) is 3.81. The molecule has 0 aliphatic heterocycles. The second-order valence-corrected chi connectivity index (χ2v) is 6.28. The van der Waals surface area contributed by atoms with Crippen molar-refractivity contribution in [1.82, 2.24) is 5.32 Å². The van der Waals surface area contributed by atoms with Crippen molar-refractivity contribution in [2.75, 3.05) is 5.32 Å². The van der Waals surface area contributed by atoms with E-state index >= 15 is 0 Å². The summed E-state index contributed by atoms with van der Waals surface area (Å²) in [5.74, 6) is -1.29. The van der Waals surface area contributed by atoms with Crippen LogP contribution in [0.5, 0.6) is 0 Å². The van der Waals surface area contributed by atoms with Crippen molar-refractivity contribution in [1.29, 1.82) is 0 Å². The molecule has 0 heterocycles. The number of halogens is 2. The zero-order valence-electron chi connectivity index (χ0n) is 14.1. The number of anilines is 1. The van der Waals surface area contributed by atoms with Crippen LogP contribution in [-0.4, -0.2) is 17.9 Å². The van der Waals surface area contributed by atoms with E-state index in [1.165, 1.54) is 18.2 Å². The van der Waals surface area contributed by atoms with Gasteiger partial charge in [0.05, 0.1) is 0 Å². The van der Waals surface area contributed by atoms with Crippen LogP contribution in [0.4, 0.5) is 10.1 Å². The fraction of sp³-hybridized carbons (Fsp3) is 0.263. The zero-order valence-corrected chi connectivity index (χ0v) is 14.8. The number of carbonyl (C=O) groups is 2. The van der Waals surface area contributed by atoms with Crippen LogP contribution in [0, 0.1) is 11.7 Å². The standard InChI is InChI=1S/C19H20ClFN2O2/c1-3-12(2)17(19(25)22-16-6-4-5-15(21)11-16)23-18(24)13-7-9-14(20)10-8-13/h4-12,17H,3H2,1-2H3,(H,22,25)(H,23,24). The molecule has 2 N–H and O–H groups in total. The van der Waals surface area contributed by atoms with E-state index in [2.05, 4.69) is 10.6 Å². The molecule has 132 valence electrons. The van der Waals surface area contributed by atoms with Crippen LogP contribution >= 0.6 is 11.6 Å². The highest BCUT2D eigenvalue weighted by molar-refractivity contribution is 6.30. The molecule has 0 saturated carbocycles. The van der Waals surface area contributed by atoms with Crippen LogP contribution in [0.15, 0.2) is 48.5 Å². The van der Waals surface area contributed by atoms with Gasteiger partial charge in [-0.3, -0.25) is 9.59 Å². The van der Waals surface area contributed by atoms with Crippen molar-refractivity contribution in [3.8, 4) is 0 Å². The van der Waals surface area contributed by atoms with Crippen molar-refractivity contribution >= 4 is 29.1 Å². The van der Waals surface area contributed by atoms with Crippen LogP contribution in [0.1, 0.15) is 30.6 Å². The Hall–Kier alpha value is -2.40. The van der Waals surface area contributed by atoms with E-state index in [4.69, 9.17) is 11.6 Å². The molecule has 0 saturated heterocycles. The number of amides is 2. The summed E-state index contributed by atoms with van der Waals surface area (Å²) in [6.07, 6.45) is 0.697. The van der Waals surface area contributed by atoms with E-state index in [-0.39, 0.29) is 17.7 Å². The average molecular weight is 363 g/mol. The average Bonchev–Trinajstić information content (AvgIpc) is 2.59. The minimum atomic E-state index is -0.739. The van der Waals surface area contributed by atoms with Gasteiger partial charge in [0.2, 0.25) is 5.91 Å². The zero-order chi connectivity index (χ0) is 18.4. The molecule has 2 aromatic rings. The summed E-state index contributed by atoms with van der Waals surface area (Å²) in [7, 11) is 0. The smallest absolute Gasteiger partial charge is 0.251 e. The van der Waals surface area contributed by atoms with Crippen molar-refractivity contribution in [2.24, 2.45) is 5.92 Å². The first-order valence-electron chi connectivity index (χ1n) is 8.03. The molecule has 0 aliphatic carbocycles. The molecule has 6 heteroatoms. The normalized spacial score (nSPS) is 13.0. The quantitative estimate of drug-likeness (QED) is 0.806. The van der Waals surface area contributed by atoms with Gasteiger partial charge in [0.15, 0.2) is 0 Å². The Morgan fingerprint density at radius 2 is 1.84 bits per heavy atom. The number of carbonyl (C=O) groups excluding carboxylic acids is 2. The van der Waals surface area contributed by atoms with Gasteiger partial charge in [-0.05, 0) is 48.4 Å². The second kappa shape index (κ2) is 8.62. The number of hydrogen-bond donors (Lipinski definition) is 2. The number of hydrogen-bond acceptors (Lipinski definition) is 2. The summed E-state index contributed by atoms with van der Waals surface area (Å²) in [6, 6.07) is 11.3. The predicted octanol–water partition coefficient (Wildman–Crippen LogP) is 4.26. The van der Waals surface area contributed by atoms with E-state index in [9.17, 15) is 14.0 Å². The molecule has 0 fully saturated rings. The lowest BCUT2D eigenvalue weighted by molar-refractivity contribution is -0.119. The molecule has 25 heavy (non-hydrogen) atoms. The molecule has 2 rings (SSSR count). The Bertz CT molecular complexity index is 749. The molecule has 0 spiro atoms. The second-order valence-electron chi connectivity index (χ2n) is 5.84. The molecule has 0 aliphatic rings. The third-order valence-electron chi connectivity index (χ3n) is 3.98. The van der Waals surface area contributed by atoms with Crippen molar-refractivity contribution < 1.29 is 14.0 Å². The van der Waals surface area contributed by atoms with Crippen LogP contribution < -0.4 is 10.6 Å². The van der Waals surface area contributed by atoms with Crippen molar-refractivity contribution in [2.45, 2.75) is 26.3 Å². The molecule has 0 radical (unpaired) electrons. The third-order valence-corrected chi connectivity index (χ3v) is 4.23. The van der Waals surface area contributed by atoms with Crippen molar-refractivity contribution in [3.05, 3.63) is 64.9 Å². The summed E-state index contributed by atoms with van der Waals surface area (Å²) < 4.78 is 13.3. The van der Waals surface area contributed by atoms with Gasteiger partial charge >= 0.3 is 0 Å². The SMILES string of the molecule is CCC(C)C(NC(=O)c1ccc(Cl)cc1)C(=O)Nc1cccc(F)c1. The molecular formula is C19H20ClFN2O2. The Kier molecular flexibility index (Phi) is 6.53. The van der Waals surface area contributed by atoms with Crippen LogP contribution in [0.2, 0.25) is 5.02 Å². The van der Waals surface area contributed by atoms with E-state index in [0.29, 0.717) is 22.7 Å². The van der Waals surface area contributed by atoms with Gasteiger partial charge in [0.1, 0.15) is 11.9 Å². The maximum atomic E-state index is 13.3. The van der Waals surface area contributed by atoms with E-state index in [1.807, 2.05) is 13.8 Å². The van der Waals surface area contributed by atoms with Gasteiger partial charge in [-0.25, -0.2) is 4.39 Å². The maximum absolute atomic E-state index is 13.3. The number of benzene rings is 2. The minimum Gasteiger partial charge on any atom is -0.340 e. The highest BCUT2D eigenvalue weighted by Gasteiger charge is 2.26. The van der Waals surface area contributed by atoms with E-state index in [1.54, 1.807) is 30.3 Å². The molecule has 2 aromatic carbocycles. The first-order chi connectivity index (χ1) is 11.9. The molecule has 2 atom stereocenters. The molecule has 0 aromatic heterocycles. The largest absolute Gasteiger partial charge is 0.340 e. The van der Waals surface area contributed by atoms with E-state index < -0.39 is 11.9 Å². The topological polar surface area (TPSA) is 58.2 Å².